The van der Waals surface area contributed by atoms with Gasteiger partial charge in [-0.25, -0.2) is 4.79 Å². The molecule has 3 N–H and O–H groups in total. The van der Waals surface area contributed by atoms with Crippen molar-refractivity contribution in [1.82, 2.24) is 20.0 Å². The Bertz CT molecular complexity index is 1170. The number of carbonyl (C=O) groups is 4. The predicted octanol–water partition coefficient (Wildman–Crippen LogP) is 3.24. The minimum atomic E-state index is -0.616. The van der Waals surface area contributed by atoms with Gasteiger partial charge in [0, 0.05) is 64.2 Å². The number of primary amides is 1. The van der Waals surface area contributed by atoms with Crippen LogP contribution in [0.25, 0.3) is 0 Å². The first-order valence-electron chi connectivity index (χ1n) is 14.3. The first-order chi connectivity index (χ1) is 19.0. The number of Topliss-reactive ketones (excluding diaryl/α,β-unsaturated/α-hetero) is 1. The van der Waals surface area contributed by atoms with Crippen molar-refractivity contribution in [3.63, 3.8) is 0 Å². The molecule has 2 heterocycles. The third kappa shape index (κ3) is 6.81. The van der Waals surface area contributed by atoms with Gasteiger partial charge in [0.15, 0.2) is 0 Å². The highest BCUT2D eigenvalue weighted by Crippen LogP contribution is 2.34. The molecule has 4 atom stereocenters. The van der Waals surface area contributed by atoms with Gasteiger partial charge in [-0.05, 0) is 56.1 Å². The number of nitrogens with two attached hydrogens (primary N) is 1. The molecular weight excluding hydrogens is 506 g/mol. The molecule has 9 nitrogen and oxygen atoms in total. The number of amides is 4. The highest BCUT2D eigenvalue weighted by Gasteiger charge is 2.42. The highest BCUT2D eigenvalue weighted by atomic mass is 16.2. The van der Waals surface area contributed by atoms with E-state index < -0.39 is 6.03 Å². The van der Waals surface area contributed by atoms with Gasteiger partial charge in [0.1, 0.15) is 5.78 Å². The van der Waals surface area contributed by atoms with Crippen molar-refractivity contribution in [3.05, 3.63) is 59.3 Å². The van der Waals surface area contributed by atoms with Gasteiger partial charge >= 0.3 is 6.03 Å². The molecular formula is C31H43N5O4. The summed E-state index contributed by atoms with van der Waals surface area (Å²) in [4.78, 5) is 55.7. The molecule has 1 aromatic rings. The van der Waals surface area contributed by atoms with Crippen molar-refractivity contribution in [1.29, 1.82) is 0 Å². The van der Waals surface area contributed by atoms with E-state index in [-0.39, 0.29) is 29.6 Å². The summed E-state index contributed by atoms with van der Waals surface area (Å²) in [6, 6.07) is 9.31. The summed E-state index contributed by atoms with van der Waals surface area (Å²) < 4.78 is 0. The molecule has 3 unspecified atom stereocenters. The van der Waals surface area contributed by atoms with Crippen LogP contribution in [0.15, 0.2) is 53.8 Å². The number of rotatable bonds is 9. The Hall–Kier alpha value is -3.46. The number of hydrogen-bond donors (Lipinski definition) is 2. The second-order valence-corrected chi connectivity index (χ2v) is 11.7. The van der Waals surface area contributed by atoms with E-state index in [9.17, 15) is 19.2 Å². The van der Waals surface area contributed by atoms with E-state index >= 15 is 0 Å². The molecule has 3 fully saturated rings. The summed E-state index contributed by atoms with van der Waals surface area (Å²) in [7, 11) is 1.56. The number of benzene rings is 1. The number of fused-ring (bicyclic) bond motifs is 1. The number of ketones is 1. The van der Waals surface area contributed by atoms with Gasteiger partial charge in [0.05, 0.1) is 11.6 Å². The fourth-order valence-corrected chi connectivity index (χ4v) is 6.43. The third-order valence-corrected chi connectivity index (χ3v) is 8.79. The van der Waals surface area contributed by atoms with Crippen molar-refractivity contribution < 1.29 is 19.2 Å². The van der Waals surface area contributed by atoms with Gasteiger partial charge < -0.3 is 25.8 Å². The van der Waals surface area contributed by atoms with Gasteiger partial charge in [-0.2, -0.15) is 0 Å². The molecule has 1 aromatic carbocycles. The van der Waals surface area contributed by atoms with Crippen LogP contribution >= 0.6 is 0 Å². The van der Waals surface area contributed by atoms with Crippen molar-refractivity contribution in [3.8, 4) is 0 Å². The molecule has 40 heavy (non-hydrogen) atoms. The SMILES string of the molecule is C=C(C)/C(C(=O)N1CC2CN(CC[C@H](NC(=O)C3CCCC(=O)C3)c3ccccc3)CC2C1)=C(/C)N(C)C(N)=O. The summed E-state index contributed by atoms with van der Waals surface area (Å²) in [5, 5.41) is 3.25. The molecule has 3 aliphatic rings. The van der Waals surface area contributed by atoms with Crippen LogP contribution in [0.4, 0.5) is 4.79 Å². The van der Waals surface area contributed by atoms with E-state index in [4.69, 9.17) is 5.73 Å². The first-order valence-corrected chi connectivity index (χ1v) is 14.3. The van der Waals surface area contributed by atoms with Gasteiger partial charge in [-0.3, -0.25) is 14.4 Å². The molecule has 0 bridgehead atoms. The molecule has 0 radical (unpaired) electrons. The van der Waals surface area contributed by atoms with Crippen molar-refractivity contribution in [2.24, 2.45) is 23.5 Å². The lowest BCUT2D eigenvalue weighted by molar-refractivity contribution is -0.132. The molecule has 9 heteroatoms. The largest absolute Gasteiger partial charge is 0.351 e. The van der Waals surface area contributed by atoms with Crippen LogP contribution in [0.5, 0.6) is 0 Å². The molecule has 2 aliphatic heterocycles. The Kier molecular flexibility index (Phi) is 9.45. The zero-order chi connectivity index (χ0) is 29.0. The zero-order valence-electron chi connectivity index (χ0n) is 24.0. The number of carbonyl (C=O) groups excluding carboxylic acids is 4. The van der Waals surface area contributed by atoms with Crippen molar-refractivity contribution >= 4 is 23.6 Å². The van der Waals surface area contributed by atoms with Crippen molar-refractivity contribution in [2.45, 2.75) is 52.0 Å². The van der Waals surface area contributed by atoms with Gasteiger partial charge in [0.2, 0.25) is 5.91 Å². The molecule has 4 amide bonds. The Balaban J connectivity index is 1.35. The average Bonchev–Trinajstić information content (AvgIpc) is 3.50. The van der Waals surface area contributed by atoms with Crippen LogP contribution in [-0.2, 0) is 14.4 Å². The smallest absolute Gasteiger partial charge is 0.318 e. The standard InChI is InChI=1S/C31H43N5O4/c1-20(2)28(21(3)34(4)31(32)40)30(39)36-18-24-16-35(17-25(24)19-36)14-13-27(22-9-6-5-7-10-22)33-29(38)23-11-8-12-26(37)15-23/h5-7,9-10,23-25,27H,1,8,11-19H2,2-4H3,(H2,32,40)(H,33,38)/b28-21+/t23?,24?,25?,27-/m0/s1. The summed E-state index contributed by atoms with van der Waals surface area (Å²) in [6.07, 6.45) is 3.26. The van der Waals surface area contributed by atoms with Crippen LogP contribution in [0, 0.1) is 17.8 Å². The van der Waals surface area contributed by atoms with E-state index in [1.807, 2.05) is 35.2 Å². The monoisotopic (exact) mass is 549 g/mol. The van der Waals surface area contributed by atoms with E-state index in [1.54, 1.807) is 20.9 Å². The Morgan fingerprint density at radius 2 is 1.75 bits per heavy atom. The lowest BCUT2D eigenvalue weighted by atomic mass is 9.87. The van der Waals surface area contributed by atoms with Crippen LogP contribution in [0.1, 0.15) is 57.6 Å². The summed E-state index contributed by atoms with van der Waals surface area (Å²) >= 11 is 0. The molecule has 0 spiro atoms. The number of nitrogens with one attached hydrogen (secondary N) is 1. The normalized spacial score (nSPS) is 24.2. The van der Waals surface area contributed by atoms with E-state index in [0.717, 1.165) is 44.5 Å². The van der Waals surface area contributed by atoms with Crippen LogP contribution in [-0.4, -0.2) is 78.1 Å². The maximum Gasteiger partial charge on any atom is 0.318 e. The highest BCUT2D eigenvalue weighted by molar-refractivity contribution is 5.99. The molecule has 2 saturated heterocycles. The number of hydrogen-bond acceptors (Lipinski definition) is 5. The fraction of sp³-hybridized carbons (Fsp3) is 0.548. The topological polar surface area (TPSA) is 116 Å². The maximum absolute atomic E-state index is 13.4. The number of allylic oxidation sites excluding steroid dienone is 1. The Morgan fingerprint density at radius 3 is 2.33 bits per heavy atom. The Morgan fingerprint density at radius 1 is 1.10 bits per heavy atom. The Labute approximate surface area is 237 Å². The van der Waals surface area contributed by atoms with E-state index in [2.05, 4.69) is 16.8 Å². The average molecular weight is 550 g/mol. The maximum atomic E-state index is 13.4. The van der Waals surface area contributed by atoms with Crippen LogP contribution < -0.4 is 11.1 Å². The lowest BCUT2D eigenvalue weighted by Crippen LogP contribution is -2.39. The number of nitrogens with zero attached hydrogens (tertiary/aromatic N) is 3. The number of likely N-dealkylation sites (tertiary alicyclic amines) is 2. The minimum absolute atomic E-state index is 0.0204. The fourth-order valence-electron chi connectivity index (χ4n) is 6.43. The predicted molar refractivity (Wildman–Crippen MR) is 154 cm³/mol. The molecule has 1 aliphatic carbocycles. The van der Waals surface area contributed by atoms with E-state index in [1.165, 1.54) is 4.90 Å². The van der Waals surface area contributed by atoms with Gasteiger partial charge in [-0.1, -0.05) is 36.9 Å². The molecule has 1 saturated carbocycles. The summed E-state index contributed by atoms with van der Waals surface area (Å²) in [5.41, 5.74) is 8.07. The van der Waals surface area contributed by atoms with Gasteiger partial charge in [0.25, 0.3) is 5.91 Å². The second kappa shape index (κ2) is 12.8. The zero-order valence-corrected chi connectivity index (χ0v) is 24.0. The second-order valence-electron chi connectivity index (χ2n) is 11.7. The summed E-state index contributed by atoms with van der Waals surface area (Å²) in [5.74, 6) is 0.580. The first kappa shape index (κ1) is 29.5. The number of urea groups is 1. The van der Waals surface area contributed by atoms with Crippen LogP contribution in [0.2, 0.25) is 0 Å². The summed E-state index contributed by atoms with van der Waals surface area (Å²) in [6.45, 7) is 11.4. The third-order valence-electron chi connectivity index (χ3n) is 8.79. The molecule has 4 rings (SSSR count). The minimum Gasteiger partial charge on any atom is -0.351 e. The molecule has 0 aromatic heterocycles. The van der Waals surface area contributed by atoms with Crippen LogP contribution in [0.3, 0.4) is 0 Å². The van der Waals surface area contributed by atoms with Crippen molar-refractivity contribution in [2.75, 3.05) is 39.8 Å². The quantitative estimate of drug-likeness (QED) is 0.362. The van der Waals surface area contributed by atoms with E-state index in [0.29, 0.717) is 54.6 Å². The molecule has 216 valence electrons. The van der Waals surface area contributed by atoms with Gasteiger partial charge in [-0.15, -0.1) is 0 Å². The lowest BCUT2D eigenvalue weighted by Gasteiger charge is -2.27.